The van der Waals surface area contributed by atoms with E-state index in [0.717, 1.165) is 30.3 Å². The van der Waals surface area contributed by atoms with Crippen molar-refractivity contribution in [2.75, 3.05) is 21.3 Å². The average Bonchev–Trinajstić information content (AvgIpc) is 3.11. The van der Waals surface area contributed by atoms with E-state index in [1.54, 1.807) is 20.8 Å². The molecule has 0 heterocycles. The van der Waals surface area contributed by atoms with Gasteiger partial charge in [0.2, 0.25) is 17.6 Å². The SMILES string of the molecule is CNC(=O)[C@@H](NC(=O)OC(C)(C)C)c1cc(OC)cc(Oc2cc([C@@H](NC(=O)C(F)(F)F)C(=O)N[C@H](Cc3ccc(F)c([N+](=O)[O-])c3)C(=O)O)ccc2OC)c1. The fraction of sp³-hybridized carbons (Fsp3) is 0.343. The number of halogens is 4. The van der Waals surface area contributed by atoms with Crippen LogP contribution in [0.5, 0.6) is 23.0 Å². The largest absolute Gasteiger partial charge is 0.497 e. The number of nitrogens with one attached hydrogen (secondary N) is 4. The zero-order valence-corrected chi connectivity index (χ0v) is 30.5. The molecule has 3 rings (SSSR count). The van der Waals surface area contributed by atoms with Gasteiger partial charge < -0.3 is 45.3 Å². The summed E-state index contributed by atoms with van der Waals surface area (Å²) in [6, 6.07) is 4.16. The molecule has 3 atom stereocenters. The summed E-state index contributed by atoms with van der Waals surface area (Å²) in [5, 5.41) is 29.4. The second kappa shape index (κ2) is 18.1. The van der Waals surface area contributed by atoms with Crippen molar-refractivity contribution >= 4 is 35.5 Å². The number of nitro groups is 1. The van der Waals surface area contributed by atoms with E-state index < -0.39 is 82.5 Å². The lowest BCUT2D eigenvalue weighted by molar-refractivity contribution is -0.387. The molecule has 0 unspecified atom stereocenters. The number of carboxylic acids is 1. The zero-order valence-electron chi connectivity index (χ0n) is 30.5. The molecule has 302 valence electrons. The third-order valence-corrected chi connectivity index (χ3v) is 7.45. The number of nitrogens with zero attached hydrogens (tertiary/aromatic N) is 1. The van der Waals surface area contributed by atoms with E-state index in [1.807, 2.05) is 5.32 Å². The quantitative estimate of drug-likeness (QED) is 0.0819. The molecule has 0 aliphatic heterocycles. The van der Waals surface area contributed by atoms with Crippen LogP contribution < -0.4 is 35.5 Å². The second-order valence-corrected chi connectivity index (χ2v) is 12.7. The fourth-order valence-corrected chi connectivity index (χ4v) is 4.92. The third kappa shape index (κ3) is 11.9. The van der Waals surface area contributed by atoms with Gasteiger partial charge in [-0.25, -0.2) is 9.59 Å². The molecule has 0 aromatic heterocycles. The van der Waals surface area contributed by atoms with Crippen LogP contribution in [0.2, 0.25) is 0 Å². The third-order valence-electron chi connectivity index (χ3n) is 7.45. The van der Waals surface area contributed by atoms with Crippen molar-refractivity contribution in [3.8, 4) is 23.0 Å². The van der Waals surface area contributed by atoms with Gasteiger partial charge in [-0.05, 0) is 67.8 Å². The summed E-state index contributed by atoms with van der Waals surface area (Å²) >= 11 is 0. The van der Waals surface area contributed by atoms with E-state index >= 15 is 0 Å². The molecule has 5 N–H and O–H groups in total. The van der Waals surface area contributed by atoms with Gasteiger partial charge in [-0.3, -0.25) is 24.5 Å². The maximum atomic E-state index is 13.9. The number of likely N-dealkylation sites (N-methyl/N-ethyl adjacent to an activating group) is 1. The van der Waals surface area contributed by atoms with Crippen LogP contribution in [0.1, 0.15) is 49.5 Å². The first kappa shape index (κ1) is 43.7. The first-order valence-corrected chi connectivity index (χ1v) is 16.2. The monoisotopic (exact) mass is 795 g/mol. The Bertz CT molecular complexity index is 1990. The Labute approximate surface area is 315 Å². The molecular weight excluding hydrogens is 758 g/mol. The molecule has 0 bridgehead atoms. The number of carboxylic acid groups (broad SMARTS) is 1. The van der Waals surface area contributed by atoms with E-state index in [4.69, 9.17) is 18.9 Å². The molecule has 3 aromatic rings. The van der Waals surface area contributed by atoms with Crippen molar-refractivity contribution in [1.29, 1.82) is 0 Å². The number of alkyl halides is 3. The summed E-state index contributed by atoms with van der Waals surface area (Å²) in [7, 11) is 3.81. The topological polar surface area (TPSA) is 234 Å². The molecule has 0 aliphatic rings. The lowest BCUT2D eigenvalue weighted by Gasteiger charge is -2.24. The number of nitro benzene ring substituents is 1. The van der Waals surface area contributed by atoms with Crippen LogP contribution >= 0.6 is 0 Å². The Hall–Kier alpha value is -6.67. The van der Waals surface area contributed by atoms with E-state index in [2.05, 4.69) is 10.6 Å². The Balaban J connectivity index is 2.07. The van der Waals surface area contributed by atoms with Gasteiger partial charge in [0.25, 0.3) is 0 Å². The molecular formula is C35H37F4N5O12. The van der Waals surface area contributed by atoms with E-state index in [0.29, 0.717) is 6.07 Å². The first-order valence-electron chi connectivity index (χ1n) is 16.2. The van der Waals surface area contributed by atoms with Crippen LogP contribution in [0, 0.1) is 15.9 Å². The molecule has 56 heavy (non-hydrogen) atoms. The molecule has 0 spiro atoms. The maximum absolute atomic E-state index is 13.9. The van der Waals surface area contributed by atoms with Crippen molar-refractivity contribution < 1.29 is 70.5 Å². The summed E-state index contributed by atoms with van der Waals surface area (Å²) in [4.78, 5) is 73.4. The van der Waals surface area contributed by atoms with Crippen LogP contribution in [0.25, 0.3) is 0 Å². The molecule has 0 saturated carbocycles. The fourth-order valence-electron chi connectivity index (χ4n) is 4.92. The minimum Gasteiger partial charge on any atom is -0.497 e. The molecule has 0 radical (unpaired) electrons. The highest BCUT2D eigenvalue weighted by Crippen LogP contribution is 2.37. The first-order chi connectivity index (χ1) is 26.1. The number of benzene rings is 3. The normalized spacial score (nSPS) is 12.9. The minimum atomic E-state index is -5.50. The average molecular weight is 796 g/mol. The van der Waals surface area contributed by atoms with Crippen molar-refractivity contribution in [1.82, 2.24) is 21.3 Å². The number of carbonyl (C=O) groups is 5. The van der Waals surface area contributed by atoms with Crippen LogP contribution in [-0.4, -0.2) is 78.9 Å². The molecule has 3 aromatic carbocycles. The number of hydrogen-bond donors (Lipinski definition) is 5. The lowest BCUT2D eigenvalue weighted by Crippen LogP contribution is -2.50. The molecule has 17 nitrogen and oxygen atoms in total. The zero-order chi connectivity index (χ0) is 42.1. The Morgan fingerprint density at radius 3 is 2.02 bits per heavy atom. The van der Waals surface area contributed by atoms with E-state index in [1.165, 1.54) is 44.8 Å². The van der Waals surface area contributed by atoms with Crippen LogP contribution in [0.4, 0.5) is 28.0 Å². The van der Waals surface area contributed by atoms with Gasteiger partial charge in [0.15, 0.2) is 11.5 Å². The molecule has 0 aliphatic carbocycles. The molecule has 0 saturated heterocycles. The summed E-state index contributed by atoms with van der Waals surface area (Å²) < 4.78 is 76.2. The highest BCUT2D eigenvalue weighted by Gasteiger charge is 2.42. The predicted octanol–water partition coefficient (Wildman–Crippen LogP) is 4.39. The highest BCUT2D eigenvalue weighted by atomic mass is 19.4. The van der Waals surface area contributed by atoms with Crippen LogP contribution in [0.3, 0.4) is 0 Å². The number of carbonyl (C=O) groups excluding carboxylic acids is 4. The van der Waals surface area contributed by atoms with Crippen molar-refractivity contribution in [3.63, 3.8) is 0 Å². The summed E-state index contributed by atoms with van der Waals surface area (Å²) in [6.45, 7) is 4.83. The van der Waals surface area contributed by atoms with Crippen molar-refractivity contribution in [2.24, 2.45) is 0 Å². The number of aliphatic carboxylic acids is 1. The number of ether oxygens (including phenoxy) is 4. The van der Waals surface area contributed by atoms with Gasteiger partial charge in [-0.2, -0.15) is 17.6 Å². The Kier molecular flexibility index (Phi) is 14.1. The Morgan fingerprint density at radius 2 is 1.46 bits per heavy atom. The number of alkyl carbamates (subject to hydrolysis) is 1. The summed E-state index contributed by atoms with van der Waals surface area (Å²) in [6.07, 6.45) is -7.13. The molecule has 4 amide bonds. The summed E-state index contributed by atoms with van der Waals surface area (Å²) in [5.74, 6) is -7.99. The van der Waals surface area contributed by atoms with Gasteiger partial charge in [-0.1, -0.05) is 12.1 Å². The van der Waals surface area contributed by atoms with Crippen molar-refractivity contribution in [3.05, 3.63) is 87.2 Å². The number of amides is 4. The van der Waals surface area contributed by atoms with E-state index in [9.17, 15) is 56.8 Å². The van der Waals surface area contributed by atoms with Gasteiger partial charge >= 0.3 is 29.8 Å². The number of rotatable bonds is 15. The lowest BCUT2D eigenvalue weighted by atomic mass is 10.0. The van der Waals surface area contributed by atoms with E-state index in [-0.39, 0.29) is 39.7 Å². The highest BCUT2D eigenvalue weighted by molar-refractivity contribution is 5.93. The predicted molar refractivity (Wildman–Crippen MR) is 186 cm³/mol. The van der Waals surface area contributed by atoms with Gasteiger partial charge in [0.1, 0.15) is 35.2 Å². The molecule has 21 heteroatoms. The summed E-state index contributed by atoms with van der Waals surface area (Å²) in [5.41, 5.74) is -2.31. The standard InChI is InChI=1S/C35H37F4N5O12/c1-34(2,3)56-33(50)43-28(29(45)40-4)19-13-20(53-5)16-21(14-19)55-26-15-18(8-10-25(26)54-6)27(42-32(49)35(37,38)39)30(46)41-23(31(47)48)11-17-7-9-22(36)24(12-17)44(51)52/h7-10,12-16,23,27-28H,11H2,1-6H3,(H,40,45)(H,41,46)(H,42,49)(H,43,50)(H,47,48)/t23-,27-,28+/m1/s1. The number of hydrogen-bond acceptors (Lipinski definition) is 11. The van der Waals surface area contributed by atoms with Gasteiger partial charge in [0, 0.05) is 25.6 Å². The van der Waals surface area contributed by atoms with Gasteiger partial charge in [0.05, 0.1) is 19.1 Å². The maximum Gasteiger partial charge on any atom is 0.471 e. The van der Waals surface area contributed by atoms with Crippen LogP contribution in [-0.2, 0) is 30.3 Å². The van der Waals surface area contributed by atoms with Crippen LogP contribution in [0.15, 0.2) is 54.6 Å². The second-order valence-electron chi connectivity index (χ2n) is 12.7. The van der Waals surface area contributed by atoms with Gasteiger partial charge in [-0.15, -0.1) is 0 Å². The minimum absolute atomic E-state index is 0.0597. The Morgan fingerprint density at radius 1 is 0.821 bits per heavy atom. The smallest absolute Gasteiger partial charge is 0.471 e. The molecule has 0 fully saturated rings. The number of methoxy groups -OCH3 is 2. The van der Waals surface area contributed by atoms with Crippen molar-refractivity contribution in [2.45, 2.75) is 57.1 Å².